The van der Waals surface area contributed by atoms with Crippen molar-refractivity contribution >= 4 is 5.91 Å². The van der Waals surface area contributed by atoms with Gasteiger partial charge in [-0.3, -0.25) is 14.5 Å². The van der Waals surface area contributed by atoms with Gasteiger partial charge in [0.15, 0.2) is 0 Å². The minimum Gasteiger partial charge on any atom is -0.342 e. The van der Waals surface area contributed by atoms with Crippen molar-refractivity contribution in [2.75, 3.05) is 13.1 Å². The van der Waals surface area contributed by atoms with E-state index in [0.29, 0.717) is 5.92 Å². The molecule has 26 heavy (non-hydrogen) atoms. The third kappa shape index (κ3) is 3.94. The number of carbonyl (C=O) groups is 1. The second-order valence-electron chi connectivity index (χ2n) is 8.09. The van der Waals surface area contributed by atoms with E-state index < -0.39 is 0 Å². The van der Waals surface area contributed by atoms with E-state index in [0.717, 1.165) is 56.0 Å². The van der Waals surface area contributed by atoms with Crippen molar-refractivity contribution in [3.05, 3.63) is 30.4 Å². The van der Waals surface area contributed by atoms with Crippen LogP contribution in [0.15, 0.2) is 24.7 Å². The van der Waals surface area contributed by atoms with Gasteiger partial charge in [0, 0.05) is 43.4 Å². The number of hydrogen-bond donors (Lipinski definition) is 0. The summed E-state index contributed by atoms with van der Waals surface area (Å²) in [5.41, 5.74) is 2.60. The van der Waals surface area contributed by atoms with Crippen LogP contribution in [0.2, 0.25) is 0 Å². The number of amides is 1. The maximum Gasteiger partial charge on any atom is 0.227 e. The van der Waals surface area contributed by atoms with Gasteiger partial charge < -0.3 is 4.90 Å². The monoisotopic (exact) mass is 355 g/mol. The molecule has 0 aromatic carbocycles. The number of likely N-dealkylation sites (tertiary alicyclic amines) is 1. The lowest BCUT2D eigenvalue weighted by Crippen LogP contribution is -2.43. The largest absolute Gasteiger partial charge is 0.342 e. The van der Waals surface area contributed by atoms with E-state index in [1.165, 1.54) is 0 Å². The molecule has 1 amide bonds. The highest BCUT2D eigenvalue weighted by molar-refractivity contribution is 5.81. The number of hydrogen-bond acceptors (Lipinski definition) is 4. The zero-order valence-corrected chi connectivity index (χ0v) is 16.3. The van der Waals surface area contributed by atoms with E-state index >= 15 is 0 Å². The van der Waals surface area contributed by atoms with Gasteiger partial charge in [0.1, 0.15) is 5.69 Å². The molecule has 1 saturated heterocycles. The highest BCUT2D eigenvalue weighted by Gasteiger charge is 2.31. The van der Waals surface area contributed by atoms with Crippen molar-refractivity contribution in [3.8, 4) is 11.4 Å². The third-order valence-corrected chi connectivity index (χ3v) is 4.91. The zero-order valence-electron chi connectivity index (χ0n) is 16.3. The molecule has 140 valence electrons. The van der Waals surface area contributed by atoms with E-state index in [-0.39, 0.29) is 11.3 Å². The fraction of sp³-hybridized carbons (Fsp3) is 0.600. The molecule has 1 aliphatic rings. The van der Waals surface area contributed by atoms with E-state index in [9.17, 15) is 4.79 Å². The first-order chi connectivity index (χ1) is 12.4. The number of rotatable bonds is 4. The molecule has 0 atom stereocenters. The second kappa shape index (κ2) is 7.56. The molecule has 1 fully saturated rings. The first-order valence-electron chi connectivity index (χ1n) is 9.53. The van der Waals surface area contributed by atoms with Crippen molar-refractivity contribution in [1.82, 2.24) is 24.6 Å². The topological polar surface area (TPSA) is 63.9 Å². The van der Waals surface area contributed by atoms with Crippen LogP contribution < -0.4 is 0 Å². The van der Waals surface area contributed by atoms with Crippen LogP contribution in [0.25, 0.3) is 11.4 Å². The Balaban J connectivity index is 1.72. The molecule has 0 spiro atoms. The zero-order chi connectivity index (χ0) is 18.7. The van der Waals surface area contributed by atoms with Gasteiger partial charge in [-0.1, -0.05) is 27.7 Å². The fourth-order valence-electron chi connectivity index (χ4n) is 3.49. The molecule has 2 aromatic heterocycles. The number of aryl methyl sites for hydroxylation is 1. The van der Waals surface area contributed by atoms with Crippen LogP contribution in [0.1, 0.15) is 58.6 Å². The van der Waals surface area contributed by atoms with Crippen LogP contribution >= 0.6 is 0 Å². The van der Waals surface area contributed by atoms with Crippen LogP contribution in [-0.4, -0.2) is 43.6 Å². The van der Waals surface area contributed by atoms with Crippen LogP contribution in [-0.2, 0) is 11.3 Å². The standard InChI is InChI=1S/C20H29N5O/c1-5-10-25-18(6-9-22-25)17-14-21-13-16(23-17)15-7-11-24(12-8-15)19(26)20(2,3)4/h6,9,13-15H,5,7-8,10-12H2,1-4H3. The molecule has 3 rings (SSSR count). The van der Waals surface area contributed by atoms with Crippen molar-refractivity contribution in [2.45, 2.75) is 59.4 Å². The SMILES string of the molecule is CCCn1nccc1-c1cncc(C2CCN(C(=O)C(C)(C)C)CC2)n1. The second-order valence-corrected chi connectivity index (χ2v) is 8.09. The maximum absolute atomic E-state index is 12.5. The first kappa shape index (κ1) is 18.5. The van der Waals surface area contributed by atoms with Gasteiger partial charge in [-0.15, -0.1) is 0 Å². The summed E-state index contributed by atoms with van der Waals surface area (Å²) in [6, 6.07) is 1.99. The summed E-state index contributed by atoms with van der Waals surface area (Å²) in [7, 11) is 0. The summed E-state index contributed by atoms with van der Waals surface area (Å²) in [4.78, 5) is 23.7. The number of carbonyl (C=O) groups excluding carboxylic acids is 1. The van der Waals surface area contributed by atoms with E-state index in [1.54, 1.807) is 0 Å². The van der Waals surface area contributed by atoms with Crippen molar-refractivity contribution < 1.29 is 4.79 Å². The predicted molar refractivity (Wildman–Crippen MR) is 102 cm³/mol. The average molecular weight is 355 g/mol. The average Bonchev–Trinajstić information content (AvgIpc) is 3.09. The lowest BCUT2D eigenvalue weighted by molar-refractivity contribution is -0.140. The number of nitrogens with zero attached hydrogens (tertiary/aromatic N) is 5. The van der Waals surface area contributed by atoms with Crippen molar-refractivity contribution in [1.29, 1.82) is 0 Å². The van der Waals surface area contributed by atoms with Crippen LogP contribution in [0.5, 0.6) is 0 Å². The summed E-state index contributed by atoms with van der Waals surface area (Å²) in [6.45, 7) is 10.5. The molecule has 6 heteroatoms. The van der Waals surface area contributed by atoms with E-state index in [4.69, 9.17) is 4.98 Å². The Morgan fingerprint density at radius 2 is 1.96 bits per heavy atom. The maximum atomic E-state index is 12.5. The van der Waals surface area contributed by atoms with Gasteiger partial charge in [0.2, 0.25) is 5.91 Å². The summed E-state index contributed by atoms with van der Waals surface area (Å²) >= 11 is 0. The first-order valence-corrected chi connectivity index (χ1v) is 9.53. The molecule has 6 nitrogen and oxygen atoms in total. The number of piperidine rings is 1. The Morgan fingerprint density at radius 1 is 1.23 bits per heavy atom. The van der Waals surface area contributed by atoms with Gasteiger partial charge >= 0.3 is 0 Å². The lowest BCUT2D eigenvalue weighted by atomic mass is 9.90. The Morgan fingerprint density at radius 3 is 2.62 bits per heavy atom. The Hall–Kier alpha value is -2.24. The molecule has 0 aliphatic carbocycles. The van der Waals surface area contributed by atoms with Gasteiger partial charge in [-0.25, -0.2) is 4.98 Å². The lowest BCUT2D eigenvalue weighted by Gasteiger charge is -2.35. The molecule has 3 heterocycles. The predicted octanol–water partition coefficient (Wildman–Crippen LogP) is 3.50. The highest BCUT2D eigenvalue weighted by Crippen LogP contribution is 2.30. The summed E-state index contributed by atoms with van der Waals surface area (Å²) in [6.07, 6.45) is 8.40. The quantitative estimate of drug-likeness (QED) is 0.842. The Bertz CT molecular complexity index is 754. The normalized spacial score (nSPS) is 16.1. The van der Waals surface area contributed by atoms with Gasteiger partial charge in [-0.2, -0.15) is 5.10 Å². The third-order valence-electron chi connectivity index (χ3n) is 4.91. The van der Waals surface area contributed by atoms with Crippen molar-refractivity contribution in [3.63, 3.8) is 0 Å². The molecular weight excluding hydrogens is 326 g/mol. The summed E-state index contributed by atoms with van der Waals surface area (Å²) in [5, 5.41) is 4.38. The van der Waals surface area contributed by atoms with Gasteiger partial charge in [0.25, 0.3) is 0 Å². The summed E-state index contributed by atoms with van der Waals surface area (Å²) in [5.74, 6) is 0.591. The molecule has 2 aromatic rings. The summed E-state index contributed by atoms with van der Waals surface area (Å²) < 4.78 is 1.98. The number of aromatic nitrogens is 4. The minimum atomic E-state index is -0.315. The fourth-order valence-corrected chi connectivity index (χ4v) is 3.49. The smallest absolute Gasteiger partial charge is 0.227 e. The highest BCUT2D eigenvalue weighted by atomic mass is 16.2. The molecule has 0 unspecified atom stereocenters. The van der Waals surface area contributed by atoms with Gasteiger partial charge in [-0.05, 0) is 25.3 Å². The molecule has 1 aliphatic heterocycles. The van der Waals surface area contributed by atoms with E-state index in [1.807, 2.05) is 55.0 Å². The van der Waals surface area contributed by atoms with E-state index in [2.05, 4.69) is 17.0 Å². The minimum absolute atomic E-state index is 0.235. The molecule has 0 bridgehead atoms. The molecule has 0 saturated carbocycles. The Kier molecular flexibility index (Phi) is 5.39. The van der Waals surface area contributed by atoms with Crippen LogP contribution in [0.3, 0.4) is 0 Å². The molecule has 0 radical (unpaired) electrons. The van der Waals surface area contributed by atoms with Crippen LogP contribution in [0.4, 0.5) is 0 Å². The molecule has 0 N–H and O–H groups in total. The van der Waals surface area contributed by atoms with Crippen LogP contribution in [0, 0.1) is 5.41 Å². The van der Waals surface area contributed by atoms with Crippen molar-refractivity contribution in [2.24, 2.45) is 5.41 Å². The van der Waals surface area contributed by atoms with Gasteiger partial charge in [0.05, 0.1) is 17.6 Å². The molecular formula is C20H29N5O. The Labute approximate surface area is 155 Å².